The normalized spacial score (nSPS) is 12.3. The lowest BCUT2D eigenvalue weighted by Crippen LogP contribution is -2.38. The number of methoxy groups -OCH3 is 1. The molecule has 3 rings (SSSR count). The van der Waals surface area contributed by atoms with Gasteiger partial charge in [-0.2, -0.15) is 0 Å². The predicted octanol–water partition coefficient (Wildman–Crippen LogP) is 5.19. The first-order valence-corrected chi connectivity index (χ1v) is 11.3. The number of halogens is 1. The molecule has 3 aromatic rings. The van der Waals surface area contributed by atoms with Crippen molar-refractivity contribution in [2.45, 2.75) is 33.0 Å². The molecule has 162 valence electrons. The van der Waals surface area contributed by atoms with Gasteiger partial charge in [0.25, 0.3) is 0 Å². The van der Waals surface area contributed by atoms with E-state index in [1.807, 2.05) is 32.2 Å². The molecule has 0 bridgehead atoms. The molecule has 0 aliphatic rings. The van der Waals surface area contributed by atoms with Gasteiger partial charge >= 0.3 is 0 Å². The van der Waals surface area contributed by atoms with Crippen molar-refractivity contribution in [2.75, 3.05) is 20.7 Å². The monoisotopic (exact) mass is 557 g/mol. The SMILES string of the molecule is CCNC(=NCc1csc(-c2ccccc2)n1)N(C)Cc1csc(C(C)OC)n1.I. The van der Waals surface area contributed by atoms with Crippen LogP contribution < -0.4 is 5.32 Å². The smallest absolute Gasteiger partial charge is 0.194 e. The predicted molar refractivity (Wildman–Crippen MR) is 137 cm³/mol. The average molecular weight is 558 g/mol. The van der Waals surface area contributed by atoms with Gasteiger partial charge in [-0.15, -0.1) is 46.7 Å². The number of hydrogen-bond donors (Lipinski definition) is 1. The van der Waals surface area contributed by atoms with Crippen LogP contribution in [-0.2, 0) is 17.8 Å². The molecule has 1 aromatic carbocycles. The zero-order chi connectivity index (χ0) is 20.6. The van der Waals surface area contributed by atoms with Gasteiger partial charge in [-0.3, -0.25) is 0 Å². The lowest BCUT2D eigenvalue weighted by molar-refractivity contribution is 0.119. The highest BCUT2D eigenvalue weighted by atomic mass is 127. The highest BCUT2D eigenvalue weighted by Gasteiger charge is 2.13. The van der Waals surface area contributed by atoms with Crippen LogP contribution >= 0.6 is 46.7 Å². The summed E-state index contributed by atoms with van der Waals surface area (Å²) >= 11 is 3.28. The van der Waals surface area contributed by atoms with Gasteiger partial charge < -0.3 is 15.0 Å². The summed E-state index contributed by atoms with van der Waals surface area (Å²) < 4.78 is 5.35. The highest BCUT2D eigenvalue weighted by molar-refractivity contribution is 14.0. The van der Waals surface area contributed by atoms with Gasteiger partial charge in [0.2, 0.25) is 0 Å². The lowest BCUT2D eigenvalue weighted by atomic mass is 10.2. The molecule has 30 heavy (non-hydrogen) atoms. The van der Waals surface area contributed by atoms with E-state index in [1.54, 1.807) is 29.8 Å². The Hall–Kier alpha value is -1.56. The summed E-state index contributed by atoms with van der Waals surface area (Å²) in [5.41, 5.74) is 3.13. The minimum atomic E-state index is 0. The summed E-state index contributed by atoms with van der Waals surface area (Å²) in [5.74, 6) is 0.844. The summed E-state index contributed by atoms with van der Waals surface area (Å²) in [6, 6.07) is 10.2. The number of rotatable bonds is 8. The quantitative estimate of drug-likeness (QED) is 0.235. The third-order valence-electron chi connectivity index (χ3n) is 4.33. The zero-order valence-electron chi connectivity index (χ0n) is 17.7. The third-order valence-corrected chi connectivity index (χ3v) is 6.32. The molecule has 0 fully saturated rings. The molecule has 1 N–H and O–H groups in total. The van der Waals surface area contributed by atoms with E-state index < -0.39 is 0 Å². The van der Waals surface area contributed by atoms with E-state index in [-0.39, 0.29) is 30.1 Å². The number of thiazole rings is 2. The van der Waals surface area contributed by atoms with Gasteiger partial charge in [0.15, 0.2) is 5.96 Å². The first-order valence-electron chi connectivity index (χ1n) is 9.57. The Morgan fingerprint density at radius 1 is 1.17 bits per heavy atom. The third kappa shape index (κ3) is 6.73. The number of benzene rings is 1. The number of aromatic nitrogens is 2. The Balaban J connectivity index is 0.00000320. The first kappa shape index (κ1) is 24.7. The topological polar surface area (TPSA) is 62.6 Å². The van der Waals surface area contributed by atoms with Gasteiger partial charge in [-0.1, -0.05) is 30.3 Å². The van der Waals surface area contributed by atoms with E-state index in [1.165, 1.54) is 0 Å². The van der Waals surface area contributed by atoms with Crippen LogP contribution in [0.3, 0.4) is 0 Å². The molecule has 0 radical (unpaired) electrons. The molecule has 0 spiro atoms. The first-order chi connectivity index (χ1) is 14.1. The fourth-order valence-corrected chi connectivity index (χ4v) is 4.38. The highest BCUT2D eigenvalue weighted by Crippen LogP contribution is 2.24. The fraction of sp³-hybridized carbons (Fsp3) is 0.381. The van der Waals surface area contributed by atoms with Crippen LogP contribution in [0.15, 0.2) is 46.1 Å². The molecule has 1 atom stereocenters. The van der Waals surface area contributed by atoms with E-state index in [4.69, 9.17) is 14.7 Å². The molecule has 1 unspecified atom stereocenters. The van der Waals surface area contributed by atoms with Gasteiger partial charge in [-0.05, 0) is 13.8 Å². The maximum atomic E-state index is 5.35. The molecule has 0 aliphatic heterocycles. The van der Waals surface area contributed by atoms with E-state index >= 15 is 0 Å². The standard InChI is InChI=1S/C21H27N5OS2.HI/c1-5-22-21(26(3)12-18-14-28-19(25-18)15(2)27-4)23-11-17-13-29-20(24-17)16-9-7-6-8-10-16;/h6-10,13-15H,5,11-12H2,1-4H3,(H,22,23);1H. The van der Waals surface area contributed by atoms with Gasteiger partial charge in [-0.25, -0.2) is 15.0 Å². The molecular weight excluding hydrogens is 529 g/mol. The van der Waals surface area contributed by atoms with Crippen LogP contribution in [0.1, 0.15) is 36.3 Å². The molecule has 9 heteroatoms. The number of ether oxygens (including phenoxy) is 1. The zero-order valence-corrected chi connectivity index (χ0v) is 21.6. The van der Waals surface area contributed by atoms with E-state index in [0.29, 0.717) is 13.1 Å². The number of nitrogens with zero attached hydrogens (tertiary/aromatic N) is 4. The van der Waals surface area contributed by atoms with Gasteiger partial charge in [0.1, 0.15) is 16.1 Å². The Bertz CT molecular complexity index is 928. The van der Waals surface area contributed by atoms with Crippen molar-refractivity contribution in [1.82, 2.24) is 20.2 Å². The Labute approximate surface area is 203 Å². The lowest BCUT2D eigenvalue weighted by Gasteiger charge is -2.21. The maximum absolute atomic E-state index is 5.35. The maximum Gasteiger partial charge on any atom is 0.194 e. The number of hydrogen-bond acceptors (Lipinski definition) is 6. The molecule has 2 heterocycles. The number of guanidine groups is 1. The van der Waals surface area contributed by atoms with Crippen LogP contribution in [0.25, 0.3) is 10.6 Å². The molecule has 0 amide bonds. The molecule has 0 saturated carbocycles. The van der Waals surface area contributed by atoms with Gasteiger partial charge in [0.05, 0.1) is 24.5 Å². The Morgan fingerprint density at radius 2 is 1.90 bits per heavy atom. The van der Waals surface area contributed by atoms with Crippen molar-refractivity contribution < 1.29 is 4.74 Å². The molecule has 0 aliphatic carbocycles. The van der Waals surface area contributed by atoms with Crippen LogP contribution in [0.4, 0.5) is 0 Å². The minimum Gasteiger partial charge on any atom is -0.375 e. The molecule has 2 aromatic heterocycles. The van der Waals surface area contributed by atoms with E-state index in [2.05, 4.69) is 45.0 Å². The average Bonchev–Trinajstić information content (AvgIpc) is 3.41. The van der Waals surface area contributed by atoms with Crippen molar-refractivity contribution in [2.24, 2.45) is 4.99 Å². The fourth-order valence-electron chi connectivity index (χ4n) is 2.72. The van der Waals surface area contributed by atoms with E-state index in [9.17, 15) is 0 Å². The summed E-state index contributed by atoms with van der Waals surface area (Å²) in [5, 5.41) is 9.53. The summed E-state index contributed by atoms with van der Waals surface area (Å²) in [6.45, 7) is 6.11. The van der Waals surface area contributed by atoms with Crippen LogP contribution in [0.2, 0.25) is 0 Å². The second-order valence-corrected chi connectivity index (χ2v) is 8.34. The van der Waals surface area contributed by atoms with Crippen molar-refractivity contribution in [3.63, 3.8) is 0 Å². The number of nitrogens with one attached hydrogen (secondary N) is 1. The second-order valence-electron chi connectivity index (χ2n) is 6.59. The van der Waals surface area contributed by atoms with Gasteiger partial charge in [0, 0.05) is 37.0 Å². The molecular formula is C21H28IN5OS2. The second kappa shape index (κ2) is 12.3. The molecule has 0 saturated heterocycles. The van der Waals surface area contributed by atoms with Crippen molar-refractivity contribution >= 4 is 52.6 Å². The van der Waals surface area contributed by atoms with Crippen molar-refractivity contribution in [3.05, 3.63) is 57.5 Å². The minimum absolute atomic E-state index is 0. The summed E-state index contributed by atoms with van der Waals surface area (Å²) in [6.07, 6.45) is 0.0180. The Kier molecular flexibility index (Phi) is 10.2. The summed E-state index contributed by atoms with van der Waals surface area (Å²) in [7, 11) is 3.73. The van der Waals surface area contributed by atoms with Crippen molar-refractivity contribution in [1.29, 1.82) is 0 Å². The molecule has 6 nitrogen and oxygen atoms in total. The van der Waals surface area contributed by atoms with Crippen molar-refractivity contribution in [3.8, 4) is 10.6 Å². The van der Waals surface area contributed by atoms with Crippen LogP contribution in [-0.4, -0.2) is 41.5 Å². The van der Waals surface area contributed by atoms with Crippen LogP contribution in [0.5, 0.6) is 0 Å². The Morgan fingerprint density at radius 3 is 2.60 bits per heavy atom. The van der Waals surface area contributed by atoms with E-state index in [0.717, 1.165) is 39.5 Å². The summed E-state index contributed by atoms with van der Waals surface area (Å²) in [4.78, 5) is 16.3. The largest absolute Gasteiger partial charge is 0.375 e. The van der Waals surface area contributed by atoms with Crippen LogP contribution in [0, 0.1) is 0 Å². The number of aliphatic imine (C=N–C) groups is 1.